The standard InChI is InChI=1S/C14H20N2O4S/c1-5-21(18,19)15-10-11-7-6-8-12(9-11)16-13(17)20-14(2,3)4/h5-9,15H,1,10H2,2-4H3,(H,16,17). The van der Waals surface area contributed by atoms with Gasteiger partial charge in [-0.25, -0.2) is 17.9 Å². The van der Waals surface area contributed by atoms with E-state index < -0.39 is 21.7 Å². The van der Waals surface area contributed by atoms with Crippen molar-refractivity contribution < 1.29 is 17.9 Å². The van der Waals surface area contributed by atoms with Crippen LogP contribution in [0.3, 0.4) is 0 Å². The number of sulfonamides is 1. The van der Waals surface area contributed by atoms with Gasteiger partial charge >= 0.3 is 6.09 Å². The van der Waals surface area contributed by atoms with Crippen molar-refractivity contribution in [3.05, 3.63) is 41.8 Å². The zero-order valence-corrected chi connectivity index (χ0v) is 13.2. The van der Waals surface area contributed by atoms with Gasteiger partial charge in [0, 0.05) is 17.6 Å². The average Bonchev–Trinajstić information content (AvgIpc) is 2.34. The number of carbonyl (C=O) groups excluding carboxylic acids is 1. The highest BCUT2D eigenvalue weighted by atomic mass is 32.2. The van der Waals surface area contributed by atoms with Crippen molar-refractivity contribution >= 4 is 21.8 Å². The molecule has 1 amide bonds. The number of ether oxygens (including phenoxy) is 1. The third kappa shape index (κ3) is 6.92. The van der Waals surface area contributed by atoms with E-state index in [-0.39, 0.29) is 6.54 Å². The van der Waals surface area contributed by atoms with E-state index >= 15 is 0 Å². The van der Waals surface area contributed by atoms with Crippen LogP contribution in [-0.2, 0) is 21.3 Å². The molecule has 1 rings (SSSR count). The summed E-state index contributed by atoms with van der Waals surface area (Å²) in [5.74, 6) is 0. The molecule has 0 aliphatic carbocycles. The van der Waals surface area contributed by atoms with E-state index in [1.807, 2.05) is 0 Å². The van der Waals surface area contributed by atoms with Gasteiger partial charge in [0.1, 0.15) is 5.60 Å². The molecule has 0 unspecified atom stereocenters. The lowest BCUT2D eigenvalue weighted by Gasteiger charge is -2.19. The maximum atomic E-state index is 11.6. The molecule has 0 atom stereocenters. The number of carbonyl (C=O) groups is 1. The van der Waals surface area contributed by atoms with Gasteiger partial charge in [0.05, 0.1) is 0 Å². The zero-order valence-electron chi connectivity index (χ0n) is 12.3. The molecular formula is C14H20N2O4S. The topological polar surface area (TPSA) is 84.5 Å². The molecule has 1 aromatic rings. The molecule has 7 heteroatoms. The molecule has 116 valence electrons. The normalized spacial score (nSPS) is 11.8. The van der Waals surface area contributed by atoms with Gasteiger partial charge < -0.3 is 4.74 Å². The first-order chi connectivity index (χ1) is 9.61. The van der Waals surface area contributed by atoms with Gasteiger partial charge in [0.15, 0.2) is 0 Å². The first kappa shape index (κ1) is 17.2. The van der Waals surface area contributed by atoms with Crippen molar-refractivity contribution in [1.82, 2.24) is 4.72 Å². The van der Waals surface area contributed by atoms with Crippen LogP contribution in [0.4, 0.5) is 10.5 Å². The quantitative estimate of drug-likeness (QED) is 0.875. The monoisotopic (exact) mass is 312 g/mol. The highest BCUT2D eigenvalue weighted by Gasteiger charge is 2.16. The summed E-state index contributed by atoms with van der Waals surface area (Å²) in [4.78, 5) is 11.6. The summed E-state index contributed by atoms with van der Waals surface area (Å²) in [5.41, 5.74) is 0.648. The minimum absolute atomic E-state index is 0.109. The summed E-state index contributed by atoms with van der Waals surface area (Å²) in [6, 6.07) is 6.81. The van der Waals surface area contributed by atoms with Crippen molar-refractivity contribution in [2.75, 3.05) is 5.32 Å². The lowest BCUT2D eigenvalue weighted by molar-refractivity contribution is 0.0636. The Balaban J connectivity index is 2.68. The fraction of sp³-hybridized carbons (Fsp3) is 0.357. The first-order valence-electron chi connectivity index (χ1n) is 6.32. The van der Waals surface area contributed by atoms with Crippen LogP contribution in [-0.4, -0.2) is 20.1 Å². The Morgan fingerprint density at radius 1 is 1.38 bits per heavy atom. The Morgan fingerprint density at radius 2 is 2.05 bits per heavy atom. The van der Waals surface area contributed by atoms with Crippen LogP contribution < -0.4 is 10.0 Å². The fourth-order valence-electron chi connectivity index (χ4n) is 1.42. The van der Waals surface area contributed by atoms with Gasteiger partial charge in [-0.2, -0.15) is 0 Å². The van der Waals surface area contributed by atoms with Crippen LogP contribution in [0, 0.1) is 0 Å². The maximum Gasteiger partial charge on any atom is 0.412 e. The Labute approximate surface area is 125 Å². The lowest BCUT2D eigenvalue weighted by Crippen LogP contribution is -2.27. The van der Waals surface area contributed by atoms with Crippen molar-refractivity contribution in [2.45, 2.75) is 32.9 Å². The van der Waals surface area contributed by atoms with E-state index in [9.17, 15) is 13.2 Å². The second kappa shape index (κ2) is 6.73. The third-order valence-corrected chi connectivity index (χ3v) is 3.25. The predicted octanol–water partition coefficient (Wildman–Crippen LogP) is 2.60. The van der Waals surface area contributed by atoms with Crippen LogP contribution in [0.1, 0.15) is 26.3 Å². The first-order valence-corrected chi connectivity index (χ1v) is 7.87. The summed E-state index contributed by atoms with van der Waals surface area (Å²) in [6.45, 7) is 8.63. The SMILES string of the molecule is C=CS(=O)(=O)NCc1cccc(NC(=O)OC(C)(C)C)c1. The van der Waals surface area contributed by atoms with E-state index in [2.05, 4.69) is 16.6 Å². The summed E-state index contributed by atoms with van der Waals surface area (Å²) in [6.07, 6.45) is -0.564. The Morgan fingerprint density at radius 3 is 2.62 bits per heavy atom. The molecule has 0 aliphatic heterocycles. The van der Waals surface area contributed by atoms with Crippen LogP contribution in [0.25, 0.3) is 0 Å². The average molecular weight is 312 g/mol. The minimum atomic E-state index is -3.48. The molecule has 0 aromatic heterocycles. The molecule has 0 bridgehead atoms. The molecule has 2 N–H and O–H groups in total. The summed E-state index contributed by atoms with van der Waals surface area (Å²) < 4.78 is 30.0. The molecule has 0 saturated heterocycles. The predicted molar refractivity (Wildman–Crippen MR) is 82.3 cm³/mol. The maximum absolute atomic E-state index is 11.6. The molecule has 0 saturated carbocycles. The van der Waals surface area contributed by atoms with Gasteiger partial charge in [-0.05, 0) is 38.5 Å². The Kier molecular flexibility index (Phi) is 5.51. The number of hydrogen-bond acceptors (Lipinski definition) is 4. The van der Waals surface area contributed by atoms with Gasteiger partial charge in [-0.15, -0.1) is 0 Å². The molecule has 0 aliphatic rings. The highest BCUT2D eigenvalue weighted by molar-refractivity contribution is 7.92. The number of benzene rings is 1. The molecule has 0 heterocycles. The zero-order chi connectivity index (χ0) is 16.1. The number of amides is 1. The highest BCUT2D eigenvalue weighted by Crippen LogP contribution is 2.13. The van der Waals surface area contributed by atoms with E-state index in [1.54, 1.807) is 45.0 Å². The van der Waals surface area contributed by atoms with Gasteiger partial charge in [0.25, 0.3) is 0 Å². The largest absolute Gasteiger partial charge is 0.444 e. The van der Waals surface area contributed by atoms with Crippen molar-refractivity contribution in [2.24, 2.45) is 0 Å². The third-order valence-electron chi connectivity index (χ3n) is 2.27. The van der Waals surface area contributed by atoms with Crippen LogP contribution >= 0.6 is 0 Å². The van der Waals surface area contributed by atoms with E-state index in [0.29, 0.717) is 11.3 Å². The number of nitrogens with one attached hydrogen (secondary N) is 2. The number of rotatable bonds is 5. The molecule has 21 heavy (non-hydrogen) atoms. The molecule has 1 aromatic carbocycles. The molecule has 0 spiro atoms. The Bertz CT molecular complexity index is 618. The fourth-order valence-corrected chi connectivity index (χ4v) is 1.91. The molecule has 6 nitrogen and oxygen atoms in total. The molecule has 0 fully saturated rings. The van der Waals surface area contributed by atoms with E-state index in [1.165, 1.54) is 0 Å². The van der Waals surface area contributed by atoms with Gasteiger partial charge in [-0.3, -0.25) is 5.32 Å². The second-order valence-corrected chi connectivity index (χ2v) is 7.07. The van der Waals surface area contributed by atoms with E-state index in [0.717, 1.165) is 5.41 Å². The minimum Gasteiger partial charge on any atom is -0.444 e. The summed E-state index contributed by atoms with van der Waals surface area (Å²) >= 11 is 0. The number of hydrogen-bond donors (Lipinski definition) is 2. The summed E-state index contributed by atoms with van der Waals surface area (Å²) in [5, 5.41) is 3.43. The number of anilines is 1. The van der Waals surface area contributed by atoms with Crippen LogP contribution in [0.15, 0.2) is 36.3 Å². The van der Waals surface area contributed by atoms with Crippen LogP contribution in [0.5, 0.6) is 0 Å². The van der Waals surface area contributed by atoms with Gasteiger partial charge in [-0.1, -0.05) is 18.7 Å². The lowest BCUT2D eigenvalue weighted by atomic mass is 10.2. The summed E-state index contributed by atoms with van der Waals surface area (Å²) in [7, 11) is -3.48. The van der Waals surface area contributed by atoms with Crippen molar-refractivity contribution in [3.63, 3.8) is 0 Å². The van der Waals surface area contributed by atoms with Gasteiger partial charge in [0.2, 0.25) is 10.0 Å². The molecular weight excluding hydrogens is 292 g/mol. The Hall–Kier alpha value is -1.86. The molecule has 0 radical (unpaired) electrons. The van der Waals surface area contributed by atoms with Crippen molar-refractivity contribution in [3.8, 4) is 0 Å². The smallest absolute Gasteiger partial charge is 0.412 e. The van der Waals surface area contributed by atoms with Crippen LogP contribution in [0.2, 0.25) is 0 Å². The van der Waals surface area contributed by atoms with E-state index in [4.69, 9.17) is 4.74 Å². The second-order valence-electron chi connectivity index (χ2n) is 5.36. The van der Waals surface area contributed by atoms with Crippen molar-refractivity contribution in [1.29, 1.82) is 0 Å².